The molecule has 0 heterocycles. The average molecular weight is 318 g/mol. The molecule has 5 atom stereocenters. The van der Waals surface area contributed by atoms with Crippen LogP contribution in [-0.2, 0) is 14.2 Å². The normalized spacial score (nSPS) is 20.5. The molecule has 0 aliphatic carbocycles. The lowest BCUT2D eigenvalue weighted by Gasteiger charge is -2.41. The highest BCUT2D eigenvalue weighted by Crippen LogP contribution is 2.33. The average Bonchev–Trinajstić information content (AvgIpc) is 2.48. The Morgan fingerprint density at radius 2 is 1.36 bits per heavy atom. The topological polar surface area (TPSA) is 47.9 Å². The fourth-order valence-electron chi connectivity index (χ4n) is 2.39. The van der Waals surface area contributed by atoms with E-state index in [2.05, 4.69) is 41.5 Å². The van der Waals surface area contributed by atoms with E-state index in [1.807, 2.05) is 13.8 Å². The van der Waals surface area contributed by atoms with Gasteiger partial charge < -0.3 is 19.3 Å². The Kier molecular flexibility index (Phi) is 10.5. The lowest BCUT2D eigenvalue weighted by Crippen LogP contribution is -2.45. The molecule has 0 fully saturated rings. The maximum Gasteiger partial charge on any atom is 0.0788 e. The summed E-state index contributed by atoms with van der Waals surface area (Å²) in [7, 11) is 0. The lowest BCUT2D eigenvalue weighted by atomic mass is 9.79. The van der Waals surface area contributed by atoms with Gasteiger partial charge in [0.1, 0.15) is 0 Å². The van der Waals surface area contributed by atoms with Crippen molar-refractivity contribution in [2.24, 2.45) is 11.8 Å². The number of rotatable bonds is 12. The second-order valence-electron chi connectivity index (χ2n) is 7.05. The van der Waals surface area contributed by atoms with E-state index in [0.29, 0.717) is 25.0 Å². The van der Waals surface area contributed by atoms with E-state index < -0.39 is 0 Å². The molecule has 0 bridgehead atoms. The molecule has 1 N–H and O–H groups in total. The second-order valence-corrected chi connectivity index (χ2v) is 7.05. The Morgan fingerprint density at radius 1 is 0.864 bits per heavy atom. The van der Waals surface area contributed by atoms with Crippen LogP contribution in [0, 0.1) is 11.8 Å². The maximum absolute atomic E-state index is 8.93. The fraction of sp³-hybridized carbons (Fsp3) is 1.00. The van der Waals surface area contributed by atoms with Crippen LogP contribution in [0.5, 0.6) is 0 Å². The van der Waals surface area contributed by atoms with Crippen LogP contribution >= 0.6 is 0 Å². The Bertz CT molecular complexity index is 282. The van der Waals surface area contributed by atoms with Gasteiger partial charge in [-0.2, -0.15) is 0 Å². The van der Waals surface area contributed by atoms with Crippen LogP contribution in [0.15, 0.2) is 0 Å². The Labute approximate surface area is 137 Å². The van der Waals surface area contributed by atoms with Gasteiger partial charge in [-0.25, -0.2) is 0 Å². The van der Waals surface area contributed by atoms with E-state index in [1.54, 1.807) is 0 Å². The van der Waals surface area contributed by atoms with Gasteiger partial charge in [0.05, 0.1) is 43.7 Å². The Balaban J connectivity index is 4.28. The van der Waals surface area contributed by atoms with Crippen molar-refractivity contribution in [3.63, 3.8) is 0 Å². The van der Waals surface area contributed by atoms with E-state index >= 15 is 0 Å². The lowest BCUT2D eigenvalue weighted by molar-refractivity contribution is -0.160. The van der Waals surface area contributed by atoms with Crippen molar-refractivity contribution in [2.75, 3.05) is 19.8 Å². The van der Waals surface area contributed by atoms with E-state index in [-0.39, 0.29) is 30.5 Å². The van der Waals surface area contributed by atoms with Gasteiger partial charge in [0.2, 0.25) is 0 Å². The molecule has 4 heteroatoms. The van der Waals surface area contributed by atoms with E-state index in [4.69, 9.17) is 19.3 Å². The summed E-state index contributed by atoms with van der Waals surface area (Å²) in [5.74, 6) is 0.956. The molecule has 134 valence electrons. The predicted octanol–water partition coefficient (Wildman–Crippen LogP) is 3.65. The largest absolute Gasteiger partial charge is 0.394 e. The molecule has 4 nitrogen and oxygen atoms in total. The predicted molar refractivity (Wildman–Crippen MR) is 91.2 cm³/mol. The molecular weight excluding hydrogens is 280 g/mol. The molecule has 0 amide bonds. The standard InChI is InChI=1S/C18H38O4/c1-9-14(4)18(8,13(2)3)22-17(7)12-21-16(6)11-20-15(5)10-19/h13-17,19H,9-12H2,1-8H3. The molecule has 0 rings (SSSR count). The van der Waals surface area contributed by atoms with Crippen molar-refractivity contribution in [3.8, 4) is 0 Å². The van der Waals surface area contributed by atoms with Gasteiger partial charge in [-0.3, -0.25) is 0 Å². The molecule has 0 aliphatic rings. The number of hydrogen-bond donors (Lipinski definition) is 1. The molecule has 0 saturated heterocycles. The highest BCUT2D eigenvalue weighted by molar-refractivity contribution is 4.85. The van der Waals surface area contributed by atoms with Crippen LogP contribution in [0.25, 0.3) is 0 Å². The molecule has 0 saturated carbocycles. The fourth-order valence-corrected chi connectivity index (χ4v) is 2.39. The minimum Gasteiger partial charge on any atom is -0.394 e. The van der Waals surface area contributed by atoms with Crippen molar-refractivity contribution >= 4 is 0 Å². The summed E-state index contributed by atoms with van der Waals surface area (Å²) in [5.41, 5.74) is -0.136. The second kappa shape index (κ2) is 10.6. The number of aliphatic hydroxyl groups is 1. The van der Waals surface area contributed by atoms with E-state index in [9.17, 15) is 0 Å². The Hall–Kier alpha value is -0.160. The Morgan fingerprint density at radius 3 is 1.82 bits per heavy atom. The quantitative estimate of drug-likeness (QED) is 0.596. The first-order chi connectivity index (χ1) is 10.2. The molecular formula is C18H38O4. The molecule has 0 aromatic carbocycles. The first-order valence-corrected chi connectivity index (χ1v) is 8.69. The molecule has 0 radical (unpaired) electrons. The van der Waals surface area contributed by atoms with Crippen molar-refractivity contribution in [3.05, 3.63) is 0 Å². The van der Waals surface area contributed by atoms with Crippen LogP contribution in [0.3, 0.4) is 0 Å². The van der Waals surface area contributed by atoms with Crippen LogP contribution in [0.4, 0.5) is 0 Å². The zero-order chi connectivity index (χ0) is 17.3. The van der Waals surface area contributed by atoms with Crippen molar-refractivity contribution in [1.29, 1.82) is 0 Å². The van der Waals surface area contributed by atoms with Gasteiger partial charge in [-0.05, 0) is 39.5 Å². The monoisotopic (exact) mass is 318 g/mol. The van der Waals surface area contributed by atoms with Crippen molar-refractivity contribution in [2.45, 2.75) is 85.7 Å². The van der Waals surface area contributed by atoms with Gasteiger partial charge in [-0.15, -0.1) is 0 Å². The zero-order valence-electron chi connectivity index (χ0n) is 15.9. The summed E-state index contributed by atoms with van der Waals surface area (Å²) in [4.78, 5) is 0. The summed E-state index contributed by atoms with van der Waals surface area (Å²) < 4.78 is 17.6. The summed E-state index contributed by atoms with van der Waals surface area (Å²) in [6.07, 6.45) is 0.994. The van der Waals surface area contributed by atoms with Crippen LogP contribution < -0.4 is 0 Å². The summed E-state index contributed by atoms with van der Waals surface area (Å²) >= 11 is 0. The SMILES string of the molecule is CCC(C)C(C)(OC(C)COC(C)COC(C)CO)C(C)C. The van der Waals surface area contributed by atoms with E-state index in [0.717, 1.165) is 6.42 Å². The number of ether oxygens (including phenoxy) is 3. The first-order valence-electron chi connectivity index (χ1n) is 8.69. The summed E-state index contributed by atoms with van der Waals surface area (Å²) in [5, 5.41) is 8.93. The van der Waals surface area contributed by atoms with Gasteiger partial charge in [-0.1, -0.05) is 34.1 Å². The maximum atomic E-state index is 8.93. The van der Waals surface area contributed by atoms with Gasteiger partial charge >= 0.3 is 0 Å². The highest BCUT2D eigenvalue weighted by atomic mass is 16.6. The molecule has 0 aliphatic heterocycles. The first kappa shape index (κ1) is 21.8. The molecule has 22 heavy (non-hydrogen) atoms. The minimum atomic E-state index is -0.144. The summed E-state index contributed by atoms with van der Waals surface area (Å²) in [6.45, 7) is 18.1. The number of hydrogen-bond acceptors (Lipinski definition) is 4. The van der Waals surface area contributed by atoms with Gasteiger partial charge in [0, 0.05) is 0 Å². The molecule has 0 aromatic heterocycles. The van der Waals surface area contributed by atoms with Crippen LogP contribution in [-0.4, -0.2) is 48.8 Å². The minimum absolute atomic E-state index is 0.00560. The van der Waals surface area contributed by atoms with Crippen molar-refractivity contribution < 1.29 is 19.3 Å². The summed E-state index contributed by atoms with van der Waals surface area (Å²) in [6, 6.07) is 0. The third-order valence-electron chi connectivity index (χ3n) is 4.68. The number of aliphatic hydroxyl groups excluding tert-OH is 1. The van der Waals surface area contributed by atoms with E-state index in [1.165, 1.54) is 0 Å². The van der Waals surface area contributed by atoms with Gasteiger partial charge in [0.15, 0.2) is 0 Å². The molecule has 5 unspecified atom stereocenters. The molecule has 0 aromatic rings. The van der Waals surface area contributed by atoms with Gasteiger partial charge in [0.25, 0.3) is 0 Å². The smallest absolute Gasteiger partial charge is 0.0788 e. The van der Waals surface area contributed by atoms with Crippen LogP contribution in [0.1, 0.15) is 61.8 Å². The molecule has 0 spiro atoms. The highest BCUT2D eigenvalue weighted by Gasteiger charge is 2.36. The van der Waals surface area contributed by atoms with Crippen LogP contribution in [0.2, 0.25) is 0 Å². The third kappa shape index (κ3) is 7.40. The zero-order valence-corrected chi connectivity index (χ0v) is 15.9. The van der Waals surface area contributed by atoms with Crippen molar-refractivity contribution in [1.82, 2.24) is 0 Å². The third-order valence-corrected chi connectivity index (χ3v) is 4.68.